The third kappa shape index (κ3) is 3.15. The zero-order valence-corrected chi connectivity index (χ0v) is 12.1. The Labute approximate surface area is 130 Å². The van der Waals surface area contributed by atoms with Gasteiger partial charge >= 0.3 is 5.82 Å². The molecule has 0 saturated heterocycles. The molecule has 8 heteroatoms. The van der Waals surface area contributed by atoms with Crippen LogP contribution in [-0.4, -0.2) is 20.1 Å². The van der Waals surface area contributed by atoms with Gasteiger partial charge in [-0.25, -0.2) is 0 Å². The van der Waals surface area contributed by atoms with Gasteiger partial charge in [-0.05, 0) is 41.1 Å². The summed E-state index contributed by atoms with van der Waals surface area (Å²) in [4.78, 5) is 14.0. The van der Waals surface area contributed by atoms with E-state index in [9.17, 15) is 10.1 Å². The fourth-order valence-corrected chi connectivity index (χ4v) is 1.95. The van der Waals surface area contributed by atoms with Crippen LogP contribution < -0.4 is 4.74 Å². The maximum Gasteiger partial charge on any atom is 0.406 e. The van der Waals surface area contributed by atoms with Crippen molar-refractivity contribution in [3.63, 3.8) is 0 Å². The summed E-state index contributed by atoms with van der Waals surface area (Å²) in [7, 11) is 0. The normalized spacial score (nSPS) is 11.9. The number of ether oxygens (including phenoxy) is 1. The molecule has 1 unspecified atom stereocenters. The number of hydrogen-bond donors (Lipinski definition) is 0. The molecule has 23 heavy (non-hydrogen) atoms. The van der Waals surface area contributed by atoms with E-state index in [2.05, 4.69) is 15.2 Å². The summed E-state index contributed by atoms with van der Waals surface area (Å²) in [6.07, 6.45) is 0.679. The molecule has 0 N–H and O–H groups in total. The lowest BCUT2D eigenvalue weighted by atomic mass is 10.2. The molecular formula is C15H12N4O4. The lowest BCUT2D eigenvalue weighted by Crippen LogP contribution is -2.06. The van der Waals surface area contributed by atoms with Gasteiger partial charge in [-0.3, -0.25) is 0 Å². The van der Waals surface area contributed by atoms with Crippen LogP contribution in [0, 0.1) is 10.1 Å². The van der Waals surface area contributed by atoms with Crippen molar-refractivity contribution < 1.29 is 14.1 Å². The predicted octanol–water partition coefficient (Wildman–Crippen LogP) is 3.18. The van der Waals surface area contributed by atoms with Gasteiger partial charge in [-0.1, -0.05) is 18.2 Å². The molecule has 2 heterocycles. The topological polar surface area (TPSA) is 104 Å². The van der Waals surface area contributed by atoms with Gasteiger partial charge in [0.1, 0.15) is 6.20 Å². The molecular weight excluding hydrogens is 300 g/mol. The SMILES string of the molecule is CC(Oc1cccnc1[N+](=O)[O-])c1nnc(-c2ccccc2)o1. The van der Waals surface area contributed by atoms with Crippen molar-refractivity contribution in [1.82, 2.24) is 15.2 Å². The van der Waals surface area contributed by atoms with Crippen molar-refractivity contribution in [1.29, 1.82) is 0 Å². The molecule has 3 aromatic rings. The number of hydrogen-bond acceptors (Lipinski definition) is 7. The smallest absolute Gasteiger partial charge is 0.406 e. The van der Waals surface area contributed by atoms with Gasteiger partial charge < -0.3 is 19.3 Å². The zero-order chi connectivity index (χ0) is 16.2. The second-order valence-electron chi connectivity index (χ2n) is 4.65. The first-order chi connectivity index (χ1) is 11.1. The largest absolute Gasteiger partial charge is 0.473 e. The Kier molecular flexibility index (Phi) is 3.96. The van der Waals surface area contributed by atoms with E-state index in [1.165, 1.54) is 12.3 Å². The standard InChI is InChI=1S/C15H12N4O4/c1-10(22-12-8-5-9-16-13(12)19(20)21)14-17-18-15(23-14)11-6-3-2-4-7-11/h2-10H,1H3. The van der Waals surface area contributed by atoms with E-state index < -0.39 is 11.0 Å². The Balaban J connectivity index is 1.81. The number of aromatic nitrogens is 3. The molecule has 1 atom stereocenters. The first kappa shape index (κ1) is 14.6. The molecule has 0 aliphatic carbocycles. The minimum absolute atomic E-state index is 0.0458. The van der Waals surface area contributed by atoms with Crippen molar-refractivity contribution in [3.8, 4) is 17.2 Å². The Bertz CT molecular complexity index is 819. The Morgan fingerprint density at radius 3 is 2.70 bits per heavy atom. The van der Waals surface area contributed by atoms with Crippen molar-refractivity contribution >= 4 is 5.82 Å². The second-order valence-corrected chi connectivity index (χ2v) is 4.65. The van der Waals surface area contributed by atoms with E-state index in [0.717, 1.165) is 5.56 Å². The first-order valence-corrected chi connectivity index (χ1v) is 6.80. The Morgan fingerprint density at radius 1 is 1.17 bits per heavy atom. The fraction of sp³-hybridized carbons (Fsp3) is 0.133. The molecule has 2 aromatic heterocycles. The molecule has 116 valence electrons. The molecule has 0 saturated carbocycles. The molecule has 0 aliphatic rings. The van der Waals surface area contributed by atoms with Crippen LogP contribution in [0.3, 0.4) is 0 Å². The number of nitrogens with zero attached hydrogens (tertiary/aromatic N) is 4. The quantitative estimate of drug-likeness (QED) is 0.526. The van der Waals surface area contributed by atoms with Gasteiger partial charge in [0, 0.05) is 5.56 Å². The predicted molar refractivity (Wildman–Crippen MR) is 79.7 cm³/mol. The van der Waals surface area contributed by atoms with Gasteiger partial charge in [0.2, 0.25) is 11.6 Å². The monoisotopic (exact) mass is 312 g/mol. The van der Waals surface area contributed by atoms with E-state index in [-0.39, 0.29) is 17.5 Å². The summed E-state index contributed by atoms with van der Waals surface area (Å²) in [6.45, 7) is 1.67. The number of rotatable bonds is 5. The molecule has 0 amide bonds. The van der Waals surface area contributed by atoms with Gasteiger partial charge in [0.05, 0.1) is 0 Å². The molecule has 0 fully saturated rings. The average molecular weight is 312 g/mol. The van der Waals surface area contributed by atoms with Crippen LogP contribution in [0.4, 0.5) is 5.82 Å². The highest BCUT2D eigenvalue weighted by atomic mass is 16.6. The van der Waals surface area contributed by atoms with E-state index in [0.29, 0.717) is 5.89 Å². The highest BCUT2D eigenvalue weighted by Gasteiger charge is 2.22. The summed E-state index contributed by atoms with van der Waals surface area (Å²) in [5.74, 6) is 0.269. The zero-order valence-electron chi connectivity index (χ0n) is 12.1. The molecule has 1 aromatic carbocycles. The molecule has 0 radical (unpaired) electrons. The number of pyridine rings is 1. The van der Waals surface area contributed by atoms with Gasteiger partial charge in [-0.2, -0.15) is 0 Å². The maximum atomic E-state index is 10.9. The van der Waals surface area contributed by atoms with Crippen LogP contribution in [0.2, 0.25) is 0 Å². The average Bonchev–Trinajstić information content (AvgIpc) is 3.06. The molecule has 3 rings (SSSR count). The van der Waals surface area contributed by atoms with Crippen LogP contribution in [0.1, 0.15) is 18.9 Å². The highest BCUT2D eigenvalue weighted by Crippen LogP contribution is 2.29. The second kappa shape index (κ2) is 6.22. The third-order valence-corrected chi connectivity index (χ3v) is 3.04. The summed E-state index contributed by atoms with van der Waals surface area (Å²) in [5, 5.41) is 18.8. The summed E-state index contributed by atoms with van der Waals surface area (Å²) >= 11 is 0. The molecule has 0 aliphatic heterocycles. The minimum Gasteiger partial charge on any atom is -0.473 e. The van der Waals surface area contributed by atoms with Crippen LogP contribution in [-0.2, 0) is 0 Å². The highest BCUT2D eigenvalue weighted by molar-refractivity contribution is 5.51. The molecule has 8 nitrogen and oxygen atoms in total. The Morgan fingerprint density at radius 2 is 1.96 bits per heavy atom. The van der Waals surface area contributed by atoms with Crippen LogP contribution >= 0.6 is 0 Å². The lowest BCUT2D eigenvalue weighted by Gasteiger charge is -2.10. The van der Waals surface area contributed by atoms with Gasteiger partial charge in [0.15, 0.2) is 6.10 Å². The molecule has 0 bridgehead atoms. The summed E-state index contributed by atoms with van der Waals surface area (Å²) in [5.41, 5.74) is 0.783. The maximum absolute atomic E-state index is 10.9. The number of benzene rings is 1. The van der Waals surface area contributed by atoms with Crippen molar-refractivity contribution in [3.05, 3.63) is 64.7 Å². The van der Waals surface area contributed by atoms with Gasteiger partial charge in [0.25, 0.3) is 5.89 Å². The third-order valence-electron chi connectivity index (χ3n) is 3.04. The summed E-state index contributed by atoms with van der Waals surface area (Å²) in [6, 6.07) is 12.3. The Hall–Kier alpha value is -3.29. The van der Waals surface area contributed by atoms with Gasteiger partial charge in [-0.15, -0.1) is 10.2 Å². The van der Waals surface area contributed by atoms with Crippen molar-refractivity contribution in [2.75, 3.05) is 0 Å². The van der Waals surface area contributed by atoms with Crippen LogP contribution in [0.25, 0.3) is 11.5 Å². The van der Waals surface area contributed by atoms with Crippen LogP contribution in [0.15, 0.2) is 53.1 Å². The van der Waals surface area contributed by atoms with E-state index >= 15 is 0 Å². The van der Waals surface area contributed by atoms with E-state index in [1.807, 2.05) is 30.3 Å². The molecule has 0 spiro atoms. The fourth-order valence-electron chi connectivity index (χ4n) is 1.95. The minimum atomic E-state index is -0.650. The van der Waals surface area contributed by atoms with Crippen molar-refractivity contribution in [2.45, 2.75) is 13.0 Å². The first-order valence-electron chi connectivity index (χ1n) is 6.80. The lowest BCUT2D eigenvalue weighted by molar-refractivity contribution is -0.390. The van der Waals surface area contributed by atoms with E-state index in [4.69, 9.17) is 9.15 Å². The summed E-state index contributed by atoms with van der Waals surface area (Å²) < 4.78 is 11.1. The van der Waals surface area contributed by atoms with Crippen molar-refractivity contribution in [2.24, 2.45) is 0 Å². The number of nitro groups is 1. The van der Waals surface area contributed by atoms with Crippen LogP contribution in [0.5, 0.6) is 5.75 Å². The van der Waals surface area contributed by atoms with E-state index in [1.54, 1.807) is 13.0 Å².